The van der Waals surface area contributed by atoms with Crippen LogP contribution in [0.4, 0.5) is 13.2 Å². The van der Waals surface area contributed by atoms with Crippen molar-refractivity contribution in [3.8, 4) is 17.0 Å². The Morgan fingerprint density at radius 2 is 2.07 bits per heavy atom. The Labute approximate surface area is 169 Å². The molecule has 0 aliphatic heterocycles. The zero-order valence-electron chi connectivity index (χ0n) is 17.2. The molecule has 8 heteroatoms. The van der Waals surface area contributed by atoms with Gasteiger partial charge in [0.25, 0.3) is 0 Å². The summed E-state index contributed by atoms with van der Waals surface area (Å²) < 4.78 is 46.5. The second-order valence-corrected chi connectivity index (χ2v) is 7.85. The second kappa shape index (κ2) is 9.17. The lowest BCUT2D eigenvalue weighted by atomic mass is 9.86. The van der Waals surface area contributed by atoms with Crippen molar-refractivity contribution in [3.05, 3.63) is 35.0 Å². The second-order valence-electron chi connectivity index (χ2n) is 7.85. The van der Waals surface area contributed by atoms with Crippen LogP contribution < -0.4 is 10.1 Å². The summed E-state index contributed by atoms with van der Waals surface area (Å²) in [6, 6.07) is 2.29. The Bertz CT molecular complexity index is 815. The molecule has 3 rings (SSSR count). The van der Waals surface area contributed by atoms with E-state index in [9.17, 15) is 13.2 Å². The number of H-pyrrole nitrogens is 1. The van der Waals surface area contributed by atoms with Crippen LogP contribution in [0.2, 0.25) is 0 Å². The molecule has 1 heterocycles. The van der Waals surface area contributed by atoms with E-state index in [0.717, 1.165) is 37.6 Å². The van der Waals surface area contributed by atoms with E-state index in [0.29, 0.717) is 41.6 Å². The molecule has 0 radical (unpaired) electrons. The molecule has 0 atom stereocenters. The maximum Gasteiger partial charge on any atom is 0.416 e. The van der Waals surface area contributed by atoms with Gasteiger partial charge in [0.1, 0.15) is 5.75 Å². The Morgan fingerprint density at radius 3 is 2.69 bits per heavy atom. The van der Waals surface area contributed by atoms with Crippen molar-refractivity contribution in [1.82, 2.24) is 20.4 Å². The number of alkyl halides is 3. The van der Waals surface area contributed by atoms with Crippen LogP contribution in [0.15, 0.2) is 18.3 Å². The summed E-state index contributed by atoms with van der Waals surface area (Å²) in [4.78, 5) is 2.10. The topological polar surface area (TPSA) is 53.2 Å². The number of nitrogens with one attached hydrogen (secondary N) is 2. The van der Waals surface area contributed by atoms with Gasteiger partial charge >= 0.3 is 6.18 Å². The zero-order chi connectivity index (χ0) is 21.0. The van der Waals surface area contributed by atoms with Gasteiger partial charge in [-0.05, 0) is 51.9 Å². The largest absolute Gasteiger partial charge is 0.493 e. The molecule has 1 aromatic heterocycles. The molecule has 2 aromatic rings. The van der Waals surface area contributed by atoms with E-state index in [2.05, 4.69) is 20.4 Å². The predicted molar refractivity (Wildman–Crippen MR) is 107 cm³/mol. The van der Waals surface area contributed by atoms with Gasteiger partial charge in [0, 0.05) is 42.5 Å². The number of aromatic nitrogens is 2. The third kappa shape index (κ3) is 5.30. The van der Waals surface area contributed by atoms with E-state index in [1.54, 1.807) is 13.1 Å². The SMILES string of the molecule is CNCCN(C)Cc1c[nH]nc1-c1cc(C(F)(F)F)cc(OCC2CCC2)c1C. The summed E-state index contributed by atoms with van der Waals surface area (Å²) in [5.74, 6) is 0.730. The van der Waals surface area contributed by atoms with Crippen molar-refractivity contribution in [2.24, 2.45) is 5.92 Å². The van der Waals surface area contributed by atoms with Gasteiger partial charge in [0.05, 0.1) is 17.9 Å². The molecule has 1 saturated carbocycles. The molecule has 0 amide bonds. The van der Waals surface area contributed by atoms with E-state index in [1.165, 1.54) is 12.5 Å². The number of hydrogen-bond donors (Lipinski definition) is 2. The van der Waals surface area contributed by atoms with Gasteiger partial charge in [-0.25, -0.2) is 0 Å². The predicted octanol–water partition coefficient (Wildman–Crippen LogP) is 4.23. The summed E-state index contributed by atoms with van der Waals surface area (Å²) in [7, 11) is 3.86. The molecule has 0 unspecified atom stereocenters. The van der Waals surface area contributed by atoms with Crippen molar-refractivity contribution < 1.29 is 17.9 Å². The molecular weight excluding hydrogens is 381 g/mol. The molecule has 2 N–H and O–H groups in total. The van der Waals surface area contributed by atoms with E-state index >= 15 is 0 Å². The maximum atomic E-state index is 13.5. The highest BCUT2D eigenvalue weighted by Crippen LogP contribution is 2.39. The normalized spacial score (nSPS) is 15.0. The molecule has 0 bridgehead atoms. The molecule has 1 aromatic carbocycles. The van der Waals surface area contributed by atoms with Crippen LogP contribution in [0, 0.1) is 12.8 Å². The monoisotopic (exact) mass is 410 g/mol. The van der Waals surface area contributed by atoms with Crippen LogP contribution in [-0.2, 0) is 12.7 Å². The summed E-state index contributed by atoms with van der Waals surface area (Å²) in [6.45, 7) is 4.49. The number of halogens is 3. The fraction of sp³-hybridized carbons (Fsp3) is 0.571. The molecule has 5 nitrogen and oxygen atoms in total. The van der Waals surface area contributed by atoms with Crippen LogP contribution in [0.25, 0.3) is 11.3 Å². The lowest BCUT2D eigenvalue weighted by molar-refractivity contribution is -0.137. The highest BCUT2D eigenvalue weighted by molar-refractivity contribution is 5.70. The highest BCUT2D eigenvalue weighted by Gasteiger charge is 2.33. The van der Waals surface area contributed by atoms with Crippen LogP contribution in [0.5, 0.6) is 5.75 Å². The molecule has 29 heavy (non-hydrogen) atoms. The summed E-state index contributed by atoms with van der Waals surface area (Å²) in [5.41, 5.74) is 1.83. The molecule has 1 aliphatic rings. The number of benzene rings is 1. The van der Waals surface area contributed by atoms with Gasteiger partial charge in [-0.3, -0.25) is 5.10 Å². The first-order valence-electron chi connectivity index (χ1n) is 10.0. The lowest BCUT2D eigenvalue weighted by Gasteiger charge is -2.26. The number of aromatic amines is 1. The van der Waals surface area contributed by atoms with Crippen molar-refractivity contribution >= 4 is 0 Å². The van der Waals surface area contributed by atoms with Crippen molar-refractivity contribution in [3.63, 3.8) is 0 Å². The average Bonchev–Trinajstić information content (AvgIpc) is 3.06. The maximum absolute atomic E-state index is 13.5. The van der Waals surface area contributed by atoms with Crippen LogP contribution in [-0.4, -0.2) is 48.9 Å². The first kappa shape index (κ1) is 21.6. The van der Waals surface area contributed by atoms with Crippen LogP contribution >= 0.6 is 0 Å². The summed E-state index contributed by atoms with van der Waals surface area (Å²) in [6.07, 6.45) is 0.621. The van der Waals surface area contributed by atoms with Gasteiger partial charge in [-0.15, -0.1) is 0 Å². The Hall–Kier alpha value is -2.06. The Balaban J connectivity index is 1.92. The Morgan fingerprint density at radius 1 is 1.31 bits per heavy atom. The van der Waals surface area contributed by atoms with E-state index < -0.39 is 11.7 Å². The van der Waals surface area contributed by atoms with Crippen LogP contribution in [0.1, 0.15) is 36.0 Å². The molecular formula is C21H29F3N4O. The number of hydrogen-bond acceptors (Lipinski definition) is 4. The van der Waals surface area contributed by atoms with E-state index in [4.69, 9.17) is 4.74 Å². The quantitative estimate of drug-likeness (QED) is 0.650. The molecule has 1 fully saturated rings. The Kier molecular flexibility index (Phi) is 6.85. The fourth-order valence-corrected chi connectivity index (χ4v) is 3.46. The molecule has 1 aliphatic carbocycles. The molecule has 0 saturated heterocycles. The van der Waals surface area contributed by atoms with Gasteiger partial charge in [0.15, 0.2) is 0 Å². The summed E-state index contributed by atoms with van der Waals surface area (Å²) >= 11 is 0. The molecule has 160 valence electrons. The minimum Gasteiger partial charge on any atom is -0.493 e. The van der Waals surface area contributed by atoms with Gasteiger partial charge in [-0.2, -0.15) is 18.3 Å². The van der Waals surface area contributed by atoms with Gasteiger partial charge in [-0.1, -0.05) is 6.42 Å². The zero-order valence-corrected chi connectivity index (χ0v) is 17.2. The number of ether oxygens (including phenoxy) is 1. The summed E-state index contributed by atoms with van der Waals surface area (Å²) in [5, 5.41) is 10.2. The highest BCUT2D eigenvalue weighted by atomic mass is 19.4. The number of nitrogens with zero attached hydrogens (tertiary/aromatic N) is 2. The first-order valence-corrected chi connectivity index (χ1v) is 10.0. The molecule has 0 spiro atoms. The lowest BCUT2D eigenvalue weighted by Crippen LogP contribution is -2.27. The van der Waals surface area contributed by atoms with Crippen molar-refractivity contribution in [1.29, 1.82) is 0 Å². The third-order valence-electron chi connectivity index (χ3n) is 5.54. The van der Waals surface area contributed by atoms with E-state index in [1.807, 2.05) is 14.1 Å². The van der Waals surface area contributed by atoms with Gasteiger partial charge in [0.2, 0.25) is 0 Å². The van der Waals surface area contributed by atoms with Crippen LogP contribution in [0.3, 0.4) is 0 Å². The smallest absolute Gasteiger partial charge is 0.416 e. The third-order valence-corrected chi connectivity index (χ3v) is 5.54. The van der Waals surface area contributed by atoms with Crippen molar-refractivity contribution in [2.75, 3.05) is 33.8 Å². The number of rotatable bonds is 9. The first-order chi connectivity index (χ1) is 13.8. The minimum atomic E-state index is -4.45. The minimum absolute atomic E-state index is 0.291. The standard InChI is InChI=1S/C21H29F3N4O/c1-14-18(20-16(11-26-27-20)12-28(3)8-7-25-2)9-17(21(22,23)24)10-19(14)29-13-15-5-4-6-15/h9-11,15,25H,4-8,12-13H2,1-3H3,(H,26,27). The van der Waals surface area contributed by atoms with Crippen molar-refractivity contribution in [2.45, 2.75) is 38.9 Å². The van der Waals surface area contributed by atoms with E-state index in [-0.39, 0.29) is 0 Å². The number of likely N-dealkylation sites (N-methyl/N-ethyl adjacent to an activating group) is 2. The fourth-order valence-electron chi connectivity index (χ4n) is 3.46. The van der Waals surface area contributed by atoms with Gasteiger partial charge < -0.3 is 15.0 Å². The average molecular weight is 410 g/mol.